The molecular weight excluding hydrogens is 236 g/mol. The highest BCUT2D eigenvalue weighted by molar-refractivity contribution is 5.39. The molecule has 1 aliphatic heterocycles. The molecule has 2 N–H and O–H groups in total. The van der Waals surface area contributed by atoms with Crippen molar-refractivity contribution in [1.29, 1.82) is 0 Å². The summed E-state index contributed by atoms with van der Waals surface area (Å²) in [4.78, 5) is 2.48. The van der Waals surface area contributed by atoms with Gasteiger partial charge in [-0.1, -0.05) is 19.1 Å². The van der Waals surface area contributed by atoms with Crippen molar-refractivity contribution < 1.29 is 4.74 Å². The van der Waals surface area contributed by atoms with Gasteiger partial charge in [0.1, 0.15) is 0 Å². The van der Waals surface area contributed by atoms with E-state index >= 15 is 0 Å². The Morgan fingerprint density at radius 2 is 1.89 bits per heavy atom. The van der Waals surface area contributed by atoms with Crippen LogP contribution in [0.5, 0.6) is 0 Å². The van der Waals surface area contributed by atoms with Crippen LogP contribution in [0.3, 0.4) is 0 Å². The van der Waals surface area contributed by atoms with Crippen LogP contribution in [0.4, 0.5) is 0 Å². The molecule has 3 heteroatoms. The maximum absolute atomic E-state index is 5.91. The van der Waals surface area contributed by atoms with E-state index in [1.165, 1.54) is 22.3 Å². The van der Waals surface area contributed by atoms with E-state index in [2.05, 4.69) is 44.7 Å². The van der Waals surface area contributed by atoms with E-state index in [1.807, 2.05) is 0 Å². The quantitative estimate of drug-likeness (QED) is 0.908. The van der Waals surface area contributed by atoms with Crippen LogP contribution in [0.1, 0.15) is 35.2 Å². The number of rotatable bonds is 3. The molecule has 2 rings (SSSR count). The van der Waals surface area contributed by atoms with Crippen LogP contribution < -0.4 is 5.73 Å². The summed E-state index contributed by atoms with van der Waals surface area (Å²) in [5, 5.41) is 0. The average molecular weight is 262 g/mol. The number of nitrogens with two attached hydrogens (primary N) is 1. The van der Waals surface area contributed by atoms with Gasteiger partial charge < -0.3 is 10.5 Å². The first kappa shape index (κ1) is 14.5. The van der Waals surface area contributed by atoms with Crippen molar-refractivity contribution >= 4 is 0 Å². The molecule has 1 aliphatic rings. The number of aryl methyl sites for hydroxylation is 3. The highest BCUT2D eigenvalue weighted by Crippen LogP contribution is 2.32. The second kappa shape index (κ2) is 6.04. The third-order valence-electron chi connectivity index (χ3n) is 4.30. The highest BCUT2D eigenvalue weighted by Gasteiger charge is 2.32. The zero-order chi connectivity index (χ0) is 14.0. The Hall–Kier alpha value is -0.900. The van der Waals surface area contributed by atoms with Gasteiger partial charge in [-0.2, -0.15) is 0 Å². The van der Waals surface area contributed by atoms with Crippen molar-refractivity contribution in [1.82, 2.24) is 4.90 Å². The van der Waals surface area contributed by atoms with Crippen molar-refractivity contribution in [2.45, 2.75) is 39.8 Å². The highest BCUT2D eigenvalue weighted by atomic mass is 16.5. The molecule has 0 amide bonds. The number of nitrogens with zero attached hydrogens (tertiary/aromatic N) is 1. The van der Waals surface area contributed by atoms with Gasteiger partial charge in [-0.25, -0.2) is 0 Å². The SMILES string of the molecule is CCN1CCOC(CN)C1c1cc(C)c(C)cc1C. The molecule has 0 spiro atoms. The van der Waals surface area contributed by atoms with Gasteiger partial charge in [-0.15, -0.1) is 0 Å². The summed E-state index contributed by atoms with van der Waals surface area (Å²) >= 11 is 0. The summed E-state index contributed by atoms with van der Waals surface area (Å²) in [5.74, 6) is 0. The molecule has 0 aliphatic carbocycles. The zero-order valence-corrected chi connectivity index (χ0v) is 12.6. The lowest BCUT2D eigenvalue weighted by Crippen LogP contribution is -2.48. The van der Waals surface area contributed by atoms with Crippen molar-refractivity contribution in [3.63, 3.8) is 0 Å². The summed E-state index contributed by atoms with van der Waals surface area (Å²) in [6.45, 7) is 12.1. The molecule has 19 heavy (non-hydrogen) atoms. The second-order valence-corrected chi connectivity index (χ2v) is 5.51. The van der Waals surface area contributed by atoms with Crippen LogP contribution >= 0.6 is 0 Å². The fourth-order valence-corrected chi connectivity index (χ4v) is 3.04. The number of ether oxygens (including phenoxy) is 1. The Kier molecular flexibility index (Phi) is 4.61. The normalized spacial score (nSPS) is 24.7. The van der Waals surface area contributed by atoms with Gasteiger partial charge in [-0.3, -0.25) is 4.90 Å². The van der Waals surface area contributed by atoms with Gasteiger partial charge in [0.25, 0.3) is 0 Å². The lowest BCUT2D eigenvalue weighted by Gasteiger charge is -2.41. The fourth-order valence-electron chi connectivity index (χ4n) is 3.04. The molecule has 0 aromatic heterocycles. The first-order valence-corrected chi connectivity index (χ1v) is 7.22. The predicted molar refractivity (Wildman–Crippen MR) is 79.4 cm³/mol. The Morgan fingerprint density at radius 3 is 2.53 bits per heavy atom. The molecule has 1 aromatic carbocycles. The van der Waals surface area contributed by atoms with Gasteiger partial charge in [0.15, 0.2) is 0 Å². The van der Waals surface area contributed by atoms with Crippen molar-refractivity contribution in [2.75, 3.05) is 26.2 Å². The minimum atomic E-state index is 0.106. The maximum Gasteiger partial charge on any atom is 0.0894 e. The smallest absolute Gasteiger partial charge is 0.0894 e. The molecule has 0 radical (unpaired) electrons. The predicted octanol–water partition coefficient (Wildman–Crippen LogP) is 2.33. The summed E-state index contributed by atoms with van der Waals surface area (Å²) < 4.78 is 5.88. The van der Waals surface area contributed by atoms with Gasteiger partial charge >= 0.3 is 0 Å². The summed E-state index contributed by atoms with van der Waals surface area (Å²) in [6.07, 6.45) is 0.106. The number of hydrogen-bond acceptors (Lipinski definition) is 3. The zero-order valence-electron chi connectivity index (χ0n) is 12.6. The van der Waals surface area contributed by atoms with E-state index in [4.69, 9.17) is 10.5 Å². The molecule has 1 heterocycles. The number of benzene rings is 1. The molecule has 1 saturated heterocycles. The maximum atomic E-state index is 5.91. The van der Waals surface area contributed by atoms with Crippen LogP contribution in [0.2, 0.25) is 0 Å². The molecular formula is C16H26N2O. The van der Waals surface area contributed by atoms with Gasteiger partial charge in [0.2, 0.25) is 0 Å². The first-order chi connectivity index (χ1) is 9.08. The van der Waals surface area contributed by atoms with Gasteiger partial charge in [0.05, 0.1) is 18.8 Å². The van der Waals surface area contributed by atoms with Crippen molar-refractivity contribution in [3.8, 4) is 0 Å². The molecule has 1 fully saturated rings. The molecule has 106 valence electrons. The van der Waals surface area contributed by atoms with E-state index in [0.29, 0.717) is 12.6 Å². The Bertz CT molecular complexity index is 433. The molecule has 3 nitrogen and oxygen atoms in total. The molecule has 2 unspecified atom stereocenters. The third kappa shape index (κ3) is 2.83. The largest absolute Gasteiger partial charge is 0.374 e. The Balaban J connectivity index is 2.43. The molecule has 0 saturated carbocycles. The standard InChI is InChI=1S/C16H26N2O/c1-5-18-6-7-19-15(10-17)16(18)14-9-12(3)11(2)8-13(14)4/h8-9,15-16H,5-7,10,17H2,1-4H3. The van der Waals surface area contributed by atoms with E-state index in [9.17, 15) is 0 Å². The monoisotopic (exact) mass is 262 g/mol. The molecule has 2 atom stereocenters. The summed E-state index contributed by atoms with van der Waals surface area (Å²) in [6, 6.07) is 4.89. The lowest BCUT2D eigenvalue weighted by molar-refractivity contribution is -0.0660. The van der Waals surface area contributed by atoms with Crippen LogP contribution in [0.25, 0.3) is 0 Å². The number of hydrogen-bond donors (Lipinski definition) is 1. The third-order valence-corrected chi connectivity index (χ3v) is 4.30. The van der Waals surface area contributed by atoms with E-state index < -0.39 is 0 Å². The first-order valence-electron chi connectivity index (χ1n) is 7.22. The summed E-state index contributed by atoms with van der Waals surface area (Å²) in [5.41, 5.74) is 11.3. The second-order valence-electron chi connectivity index (χ2n) is 5.51. The van der Waals surface area contributed by atoms with Crippen molar-refractivity contribution in [3.05, 3.63) is 34.4 Å². The fraction of sp³-hybridized carbons (Fsp3) is 0.625. The van der Waals surface area contributed by atoms with Crippen LogP contribution in [0, 0.1) is 20.8 Å². The topological polar surface area (TPSA) is 38.5 Å². The molecule has 1 aromatic rings. The van der Waals surface area contributed by atoms with Crippen LogP contribution in [0.15, 0.2) is 12.1 Å². The van der Waals surface area contributed by atoms with Crippen molar-refractivity contribution in [2.24, 2.45) is 5.73 Å². The minimum absolute atomic E-state index is 0.106. The van der Waals surface area contributed by atoms with E-state index in [0.717, 1.165) is 19.7 Å². The lowest BCUT2D eigenvalue weighted by atomic mass is 9.91. The Labute approximate surface area is 116 Å². The number of likely N-dealkylation sites (N-methyl/N-ethyl adjacent to an activating group) is 1. The average Bonchev–Trinajstić information content (AvgIpc) is 2.42. The minimum Gasteiger partial charge on any atom is -0.374 e. The van der Waals surface area contributed by atoms with Gasteiger partial charge in [0, 0.05) is 13.1 Å². The summed E-state index contributed by atoms with van der Waals surface area (Å²) in [7, 11) is 0. The number of morpholine rings is 1. The van der Waals surface area contributed by atoms with Crippen LogP contribution in [-0.4, -0.2) is 37.2 Å². The Morgan fingerprint density at radius 1 is 1.21 bits per heavy atom. The van der Waals surface area contributed by atoms with Gasteiger partial charge in [-0.05, 0) is 49.6 Å². The molecule has 0 bridgehead atoms. The van der Waals surface area contributed by atoms with Crippen LogP contribution in [-0.2, 0) is 4.74 Å². The van der Waals surface area contributed by atoms with E-state index in [1.54, 1.807) is 0 Å². The van der Waals surface area contributed by atoms with E-state index in [-0.39, 0.29) is 6.10 Å².